The van der Waals surface area contributed by atoms with Crippen LogP contribution in [0.1, 0.15) is 11.1 Å². The lowest BCUT2D eigenvalue weighted by atomic mass is 9.96. The summed E-state index contributed by atoms with van der Waals surface area (Å²) in [5.74, 6) is 1.59. The lowest BCUT2D eigenvalue weighted by molar-refractivity contribution is -0.133. The van der Waals surface area contributed by atoms with Gasteiger partial charge in [0, 0.05) is 51.2 Å². The van der Waals surface area contributed by atoms with Crippen LogP contribution < -0.4 is 9.47 Å². The van der Waals surface area contributed by atoms with E-state index in [1.54, 1.807) is 26.6 Å². The molecule has 172 valence electrons. The fourth-order valence-corrected chi connectivity index (χ4v) is 4.47. The SMILES string of the molecule is COc1cccc(CN2CCN(C)C(=O)C(Cc3ccc(-c4ccncc4)cc3)C2)c1OC. The van der Waals surface area contributed by atoms with Crippen molar-refractivity contribution < 1.29 is 14.3 Å². The third-order valence-corrected chi connectivity index (χ3v) is 6.28. The van der Waals surface area contributed by atoms with Gasteiger partial charge in [-0.1, -0.05) is 36.4 Å². The van der Waals surface area contributed by atoms with Gasteiger partial charge in [-0.25, -0.2) is 0 Å². The summed E-state index contributed by atoms with van der Waals surface area (Å²) >= 11 is 0. The van der Waals surface area contributed by atoms with Crippen molar-refractivity contribution in [2.75, 3.05) is 40.9 Å². The van der Waals surface area contributed by atoms with E-state index in [9.17, 15) is 4.79 Å². The zero-order valence-corrected chi connectivity index (χ0v) is 19.5. The second kappa shape index (κ2) is 10.5. The fourth-order valence-electron chi connectivity index (χ4n) is 4.47. The van der Waals surface area contributed by atoms with Crippen LogP contribution in [-0.4, -0.2) is 61.6 Å². The van der Waals surface area contributed by atoms with E-state index in [2.05, 4.69) is 40.2 Å². The van der Waals surface area contributed by atoms with Crippen LogP contribution in [0.15, 0.2) is 67.0 Å². The number of aromatic nitrogens is 1. The Morgan fingerprint density at radius 3 is 2.36 bits per heavy atom. The van der Waals surface area contributed by atoms with E-state index in [1.807, 2.05) is 36.2 Å². The van der Waals surface area contributed by atoms with Gasteiger partial charge in [0.05, 0.1) is 20.1 Å². The normalized spacial score (nSPS) is 17.0. The third kappa shape index (κ3) is 5.34. The van der Waals surface area contributed by atoms with Crippen molar-refractivity contribution >= 4 is 5.91 Å². The predicted molar refractivity (Wildman–Crippen MR) is 129 cm³/mol. The first-order valence-corrected chi connectivity index (χ1v) is 11.3. The number of carbonyl (C=O) groups is 1. The van der Waals surface area contributed by atoms with E-state index in [0.29, 0.717) is 26.1 Å². The van der Waals surface area contributed by atoms with Crippen LogP contribution in [0.25, 0.3) is 11.1 Å². The zero-order valence-electron chi connectivity index (χ0n) is 19.5. The van der Waals surface area contributed by atoms with Gasteiger partial charge in [0.2, 0.25) is 5.91 Å². The van der Waals surface area contributed by atoms with Crippen molar-refractivity contribution in [1.29, 1.82) is 0 Å². The standard InChI is InChI=1S/C27H31N3O3/c1-29-15-16-30(18-23-5-4-6-25(32-2)26(23)33-3)19-24(27(29)31)17-20-7-9-21(10-8-20)22-11-13-28-14-12-22/h4-14,24H,15-19H2,1-3H3. The quantitative estimate of drug-likeness (QED) is 0.552. The van der Waals surface area contributed by atoms with Crippen molar-refractivity contribution in [2.24, 2.45) is 5.92 Å². The molecule has 1 fully saturated rings. The number of methoxy groups -OCH3 is 2. The second-order valence-corrected chi connectivity index (χ2v) is 8.48. The lowest BCUT2D eigenvalue weighted by Gasteiger charge is -2.24. The molecule has 6 nitrogen and oxygen atoms in total. The molecule has 3 aromatic rings. The predicted octanol–water partition coefficient (Wildman–Crippen LogP) is 3.90. The van der Waals surface area contributed by atoms with Gasteiger partial charge in [0.25, 0.3) is 0 Å². The number of ether oxygens (including phenoxy) is 2. The number of rotatable bonds is 7. The lowest BCUT2D eigenvalue weighted by Crippen LogP contribution is -2.34. The second-order valence-electron chi connectivity index (χ2n) is 8.48. The molecule has 4 rings (SSSR count). The van der Waals surface area contributed by atoms with Gasteiger partial charge in [-0.15, -0.1) is 0 Å². The largest absolute Gasteiger partial charge is 0.493 e. The maximum absolute atomic E-state index is 13.1. The number of carbonyl (C=O) groups excluding carboxylic acids is 1. The molecule has 1 unspecified atom stereocenters. The highest BCUT2D eigenvalue weighted by molar-refractivity contribution is 5.79. The van der Waals surface area contributed by atoms with Gasteiger partial charge in [-0.05, 0) is 41.3 Å². The highest BCUT2D eigenvalue weighted by atomic mass is 16.5. The van der Waals surface area contributed by atoms with Crippen LogP contribution in [-0.2, 0) is 17.8 Å². The number of pyridine rings is 1. The molecule has 0 aliphatic carbocycles. The van der Waals surface area contributed by atoms with Crippen LogP contribution in [0.3, 0.4) is 0 Å². The molecule has 1 saturated heterocycles. The number of likely N-dealkylation sites (N-methyl/N-ethyl adjacent to an activating group) is 1. The van der Waals surface area contributed by atoms with E-state index >= 15 is 0 Å². The molecule has 2 heterocycles. The van der Waals surface area contributed by atoms with Crippen LogP contribution in [0.5, 0.6) is 11.5 Å². The van der Waals surface area contributed by atoms with Crippen molar-refractivity contribution in [1.82, 2.24) is 14.8 Å². The van der Waals surface area contributed by atoms with E-state index in [-0.39, 0.29) is 11.8 Å². The highest BCUT2D eigenvalue weighted by Gasteiger charge is 2.29. The summed E-state index contributed by atoms with van der Waals surface area (Å²) in [5, 5.41) is 0. The molecule has 0 spiro atoms. The van der Waals surface area contributed by atoms with Crippen LogP contribution in [0, 0.1) is 5.92 Å². The third-order valence-electron chi connectivity index (χ3n) is 6.28. The molecule has 1 aliphatic heterocycles. The summed E-state index contributed by atoms with van der Waals surface area (Å²) in [6.45, 7) is 2.94. The Balaban J connectivity index is 1.50. The number of hydrogen-bond donors (Lipinski definition) is 0. The maximum Gasteiger partial charge on any atom is 0.227 e. The number of nitrogens with zero attached hydrogens (tertiary/aromatic N) is 3. The Labute approximate surface area is 195 Å². The van der Waals surface area contributed by atoms with Crippen molar-refractivity contribution in [2.45, 2.75) is 13.0 Å². The first kappa shape index (κ1) is 22.8. The summed E-state index contributed by atoms with van der Waals surface area (Å²) in [4.78, 5) is 21.4. The van der Waals surface area contributed by atoms with Gasteiger partial charge in [-0.3, -0.25) is 14.7 Å². The maximum atomic E-state index is 13.1. The number of amides is 1. The summed E-state index contributed by atoms with van der Waals surface area (Å²) in [6.07, 6.45) is 4.32. The summed E-state index contributed by atoms with van der Waals surface area (Å²) in [5.41, 5.74) is 4.52. The molecule has 1 aliphatic rings. The molecule has 33 heavy (non-hydrogen) atoms. The minimum atomic E-state index is -0.0964. The number of para-hydroxylation sites is 1. The van der Waals surface area contributed by atoms with E-state index in [4.69, 9.17) is 9.47 Å². The van der Waals surface area contributed by atoms with E-state index in [1.165, 1.54) is 5.56 Å². The van der Waals surface area contributed by atoms with Crippen LogP contribution in [0.2, 0.25) is 0 Å². The first-order chi connectivity index (χ1) is 16.1. The molecule has 1 aromatic heterocycles. The van der Waals surface area contributed by atoms with Crippen molar-refractivity contribution in [3.63, 3.8) is 0 Å². The topological polar surface area (TPSA) is 54.9 Å². The molecule has 1 atom stereocenters. The molecule has 0 bridgehead atoms. The molecule has 0 N–H and O–H groups in total. The average Bonchev–Trinajstić information content (AvgIpc) is 2.98. The summed E-state index contributed by atoms with van der Waals surface area (Å²) in [7, 11) is 5.22. The molecular formula is C27H31N3O3. The molecule has 0 saturated carbocycles. The average molecular weight is 446 g/mol. The summed E-state index contributed by atoms with van der Waals surface area (Å²) in [6, 6.07) is 18.4. The molecule has 1 amide bonds. The van der Waals surface area contributed by atoms with Crippen molar-refractivity contribution in [3.8, 4) is 22.6 Å². The molecule has 2 aromatic carbocycles. The van der Waals surface area contributed by atoms with Crippen LogP contribution in [0.4, 0.5) is 0 Å². The van der Waals surface area contributed by atoms with Crippen LogP contribution >= 0.6 is 0 Å². The smallest absolute Gasteiger partial charge is 0.227 e. The van der Waals surface area contributed by atoms with Gasteiger partial charge in [-0.2, -0.15) is 0 Å². The van der Waals surface area contributed by atoms with Gasteiger partial charge >= 0.3 is 0 Å². The molecular weight excluding hydrogens is 414 g/mol. The Hall–Kier alpha value is -3.38. The van der Waals surface area contributed by atoms with E-state index in [0.717, 1.165) is 34.7 Å². The first-order valence-electron chi connectivity index (χ1n) is 11.3. The minimum absolute atomic E-state index is 0.0964. The minimum Gasteiger partial charge on any atom is -0.493 e. The zero-order chi connectivity index (χ0) is 23.2. The van der Waals surface area contributed by atoms with Gasteiger partial charge in [0.1, 0.15) is 0 Å². The molecule has 0 radical (unpaired) electrons. The fraction of sp³-hybridized carbons (Fsp3) is 0.333. The highest BCUT2D eigenvalue weighted by Crippen LogP contribution is 2.32. The number of hydrogen-bond acceptors (Lipinski definition) is 5. The Morgan fingerprint density at radius 2 is 1.67 bits per heavy atom. The Kier molecular flexibility index (Phi) is 7.25. The Morgan fingerprint density at radius 1 is 0.939 bits per heavy atom. The van der Waals surface area contributed by atoms with Gasteiger partial charge in [0.15, 0.2) is 11.5 Å². The van der Waals surface area contributed by atoms with Gasteiger partial charge < -0.3 is 14.4 Å². The van der Waals surface area contributed by atoms with Crippen molar-refractivity contribution in [3.05, 3.63) is 78.1 Å². The molecule has 6 heteroatoms. The Bertz CT molecular complexity index is 1070. The van der Waals surface area contributed by atoms with E-state index < -0.39 is 0 Å². The monoisotopic (exact) mass is 445 g/mol. The number of benzene rings is 2. The summed E-state index contributed by atoms with van der Waals surface area (Å²) < 4.78 is 11.1.